The number of hydrogen-bond donors (Lipinski definition) is 0. The molecular weight excluding hydrogens is 345 g/mol. The van der Waals surface area contributed by atoms with Crippen LogP contribution >= 0.6 is 11.8 Å². The van der Waals surface area contributed by atoms with Crippen LogP contribution in [0.2, 0.25) is 0 Å². The average Bonchev–Trinajstić information content (AvgIpc) is 2.58. The van der Waals surface area contributed by atoms with Crippen LogP contribution in [0.4, 0.5) is 13.2 Å². The molecular formula is C15H13F3N2O3S. The average molecular weight is 358 g/mol. The molecule has 5 nitrogen and oxygen atoms in total. The number of halogens is 3. The highest BCUT2D eigenvalue weighted by Gasteiger charge is 2.32. The van der Waals surface area contributed by atoms with Crippen molar-refractivity contribution in [1.82, 2.24) is 9.97 Å². The molecule has 0 N–H and O–H groups in total. The standard InChI is InChI=1S/C15H13F3N2O3S/c1-22-13(21)10-3-2-4-11(9-10)23-7-8-24-14-19-6-5-12(20-14)15(16,17)18/h2-6,9H,7-8H2,1H3. The molecule has 0 aliphatic heterocycles. The summed E-state index contributed by atoms with van der Waals surface area (Å²) in [5, 5.41) is 0.0248. The maximum absolute atomic E-state index is 12.5. The summed E-state index contributed by atoms with van der Waals surface area (Å²) < 4.78 is 47.7. The van der Waals surface area contributed by atoms with E-state index in [0.717, 1.165) is 24.0 Å². The van der Waals surface area contributed by atoms with Crippen molar-refractivity contribution >= 4 is 17.7 Å². The van der Waals surface area contributed by atoms with Crippen LogP contribution in [-0.4, -0.2) is 35.4 Å². The Hall–Kier alpha value is -2.29. The van der Waals surface area contributed by atoms with Gasteiger partial charge in [0.1, 0.15) is 11.4 Å². The van der Waals surface area contributed by atoms with E-state index in [9.17, 15) is 18.0 Å². The second-order valence-corrected chi connectivity index (χ2v) is 5.50. The number of hydrogen-bond acceptors (Lipinski definition) is 6. The Morgan fingerprint density at radius 2 is 2.08 bits per heavy atom. The van der Waals surface area contributed by atoms with Crippen LogP contribution < -0.4 is 4.74 Å². The molecule has 0 fully saturated rings. The molecule has 1 heterocycles. The monoisotopic (exact) mass is 358 g/mol. The van der Waals surface area contributed by atoms with E-state index < -0.39 is 17.8 Å². The molecule has 0 aliphatic carbocycles. The normalized spacial score (nSPS) is 11.2. The first-order valence-corrected chi connectivity index (χ1v) is 7.73. The predicted octanol–water partition coefficient (Wildman–Crippen LogP) is 3.45. The summed E-state index contributed by atoms with van der Waals surface area (Å²) in [5.74, 6) is 0.333. The van der Waals surface area contributed by atoms with Crippen LogP contribution in [0.15, 0.2) is 41.7 Å². The first-order valence-electron chi connectivity index (χ1n) is 6.74. The highest BCUT2D eigenvalue weighted by atomic mass is 32.2. The molecule has 0 atom stereocenters. The van der Waals surface area contributed by atoms with Gasteiger partial charge >= 0.3 is 12.1 Å². The molecule has 9 heteroatoms. The minimum Gasteiger partial charge on any atom is -0.493 e. The highest BCUT2D eigenvalue weighted by Crippen LogP contribution is 2.28. The summed E-state index contributed by atoms with van der Waals surface area (Å²) in [6, 6.07) is 7.24. The summed E-state index contributed by atoms with van der Waals surface area (Å²) in [6.45, 7) is 0.217. The van der Waals surface area contributed by atoms with Gasteiger partial charge in [-0.25, -0.2) is 14.8 Å². The van der Waals surface area contributed by atoms with Crippen LogP contribution in [-0.2, 0) is 10.9 Å². The molecule has 24 heavy (non-hydrogen) atoms. The Labute approximate surface area is 140 Å². The van der Waals surface area contributed by atoms with Crippen LogP contribution in [0.25, 0.3) is 0 Å². The van der Waals surface area contributed by atoms with Gasteiger partial charge < -0.3 is 9.47 Å². The number of alkyl halides is 3. The number of methoxy groups -OCH3 is 1. The number of aromatic nitrogens is 2. The fourth-order valence-corrected chi connectivity index (χ4v) is 2.34. The molecule has 2 aromatic rings. The second-order valence-electron chi connectivity index (χ2n) is 4.44. The molecule has 0 saturated heterocycles. The van der Waals surface area contributed by atoms with E-state index in [0.29, 0.717) is 17.1 Å². The van der Waals surface area contributed by atoms with E-state index in [2.05, 4.69) is 14.7 Å². The third kappa shape index (κ3) is 5.12. The number of esters is 1. The van der Waals surface area contributed by atoms with Gasteiger partial charge in [-0.2, -0.15) is 13.2 Å². The predicted molar refractivity (Wildman–Crippen MR) is 81.0 cm³/mol. The van der Waals surface area contributed by atoms with Crippen molar-refractivity contribution < 1.29 is 27.4 Å². The van der Waals surface area contributed by atoms with Gasteiger partial charge in [0.2, 0.25) is 0 Å². The maximum Gasteiger partial charge on any atom is 0.433 e. The van der Waals surface area contributed by atoms with Gasteiger partial charge in [-0.05, 0) is 24.3 Å². The van der Waals surface area contributed by atoms with Gasteiger partial charge in [0.05, 0.1) is 19.3 Å². The third-order valence-corrected chi connectivity index (χ3v) is 3.59. The van der Waals surface area contributed by atoms with Crippen molar-refractivity contribution in [2.45, 2.75) is 11.3 Å². The number of benzene rings is 1. The van der Waals surface area contributed by atoms with Gasteiger partial charge in [-0.1, -0.05) is 17.8 Å². The van der Waals surface area contributed by atoms with Crippen LogP contribution in [0.3, 0.4) is 0 Å². The number of nitrogens with zero attached hydrogens (tertiary/aromatic N) is 2. The van der Waals surface area contributed by atoms with Crippen molar-refractivity contribution in [3.05, 3.63) is 47.8 Å². The quantitative estimate of drug-likeness (QED) is 0.341. The first kappa shape index (κ1) is 18.1. The number of thioether (sulfide) groups is 1. The lowest BCUT2D eigenvalue weighted by Crippen LogP contribution is -2.09. The van der Waals surface area contributed by atoms with E-state index in [1.807, 2.05) is 0 Å². The van der Waals surface area contributed by atoms with Crippen LogP contribution in [0.1, 0.15) is 16.1 Å². The lowest BCUT2D eigenvalue weighted by molar-refractivity contribution is -0.141. The molecule has 1 aromatic heterocycles. The Morgan fingerprint density at radius 3 is 2.79 bits per heavy atom. The van der Waals surface area contributed by atoms with Gasteiger partial charge in [0.25, 0.3) is 0 Å². The number of carbonyl (C=O) groups excluding carboxylic acids is 1. The number of ether oxygens (including phenoxy) is 2. The van der Waals surface area contributed by atoms with E-state index in [1.165, 1.54) is 13.2 Å². The van der Waals surface area contributed by atoms with E-state index in [1.54, 1.807) is 18.2 Å². The van der Waals surface area contributed by atoms with Crippen LogP contribution in [0, 0.1) is 0 Å². The van der Waals surface area contributed by atoms with Crippen molar-refractivity contribution in [2.75, 3.05) is 19.5 Å². The van der Waals surface area contributed by atoms with Crippen molar-refractivity contribution in [3.8, 4) is 5.75 Å². The molecule has 2 rings (SSSR count). The topological polar surface area (TPSA) is 61.3 Å². The van der Waals surface area contributed by atoms with E-state index >= 15 is 0 Å². The fourth-order valence-electron chi connectivity index (χ4n) is 1.69. The summed E-state index contributed by atoms with van der Waals surface area (Å²) in [6.07, 6.45) is -3.43. The molecule has 0 unspecified atom stereocenters. The molecule has 1 aromatic carbocycles. The molecule has 0 amide bonds. The Balaban J connectivity index is 1.86. The molecule has 128 valence electrons. The molecule has 0 bridgehead atoms. The molecule has 0 aliphatic rings. The lowest BCUT2D eigenvalue weighted by Gasteiger charge is -2.08. The van der Waals surface area contributed by atoms with E-state index in [-0.39, 0.29) is 11.8 Å². The Bertz CT molecular complexity index is 710. The minimum absolute atomic E-state index is 0.0248. The summed E-state index contributed by atoms with van der Waals surface area (Å²) in [7, 11) is 1.28. The largest absolute Gasteiger partial charge is 0.493 e. The van der Waals surface area contributed by atoms with Gasteiger partial charge in [-0.3, -0.25) is 0 Å². The van der Waals surface area contributed by atoms with Gasteiger partial charge in [0, 0.05) is 11.9 Å². The lowest BCUT2D eigenvalue weighted by atomic mass is 10.2. The van der Waals surface area contributed by atoms with Crippen molar-refractivity contribution in [3.63, 3.8) is 0 Å². The molecule has 0 saturated carbocycles. The van der Waals surface area contributed by atoms with Gasteiger partial charge in [0.15, 0.2) is 5.16 Å². The minimum atomic E-state index is -4.50. The zero-order chi connectivity index (χ0) is 17.6. The number of carbonyl (C=O) groups is 1. The zero-order valence-corrected chi connectivity index (χ0v) is 13.4. The SMILES string of the molecule is COC(=O)c1cccc(OCCSc2nccc(C(F)(F)F)n2)c1. The van der Waals surface area contributed by atoms with Gasteiger partial charge in [-0.15, -0.1) is 0 Å². The first-order chi connectivity index (χ1) is 11.4. The maximum atomic E-state index is 12.5. The van der Waals surface area contributed by atoms with Crippen molar-refractivity contribution in [2.24, 2.45) is 0 Å². The Kier molecular flexibility index (Phi) is 6.02. The molecule has 0 radical (unpaired) electrons. The number of rotatable bonds is 6. The smallest absolute Gasteiger partial charge is 0.433 e. The van der Waals surface area contributed by atoms with E-state index in [4.69, 9.17) is 4.74 Å². The zero-order valence-electron chi connectivity index (χ0n) is 12.5. The second kappa shape index (κ2) is 8.00. The van der Waals surface area contributed by atoms with Crippen LogP contribution in [0.5, 0.6) is 5.75 Å². The Morgan fingerprint density at radius 1 is 1.29 bits per heavy atom. The summed E-state index contributed by atoms with van der Waals surface area (Å²) >= 11 is 1.05. The fraction of sp³-hybridized carbons (Fsp3) is 0.267. The summed E-state index contributed by atoms with van der Waals surface area (Å²) in [5.41, 5.74) is -0.629. The highest BCUT2D eigenvalue weighted by molar-refractivity contribution is 7.99. The third-order valence-electron chi connectivity index (χ3n) is 2.76. The molecule has 0 spiro atoms. The summed E-state index contributed by atoms with van der Waals surface area (Å²) in [4.78, 5) is 18.6. The van der Waals surface area contributed by atoms with Crippen molar-refractivity contribution in [1.29, 1.82) is 0 Å².